The molecule has 0 fully saturated rings. The van der Waals surface area contributed by atoms with E-state index in [1.807, 2.05) is 28.9 Å². The Morgan fingerprint density at radius 3 is 3.06 bits per heavy atom. The lowest BCUT2D eigenvalue weighted by Crippen LogP contribution is -2.23. The fraction of sp³-hybridized carbons (Fsp3) is 0.200. The lowest BCUT2D eigenvalue weighted by atomic mass is 10.2. The van der Waals surface area contributed by atoms with E-state index in [9.17, 15) is 0 Å². The summed E-state index contributed by atoms with van der Waals surface area (Å²) >= 11 is 7.84. The van der Waals surface area contributed by atoms with Gasteiger partial charge in [-0.1, -0.05) is 35.5 Å². The number of thioether (sulfide) groups is 1. The minimum absolute atomic E-state index is 0.690. The molecular formula is C10H9ClN4S. The summed E-state index contributed by atoms with van der Waals surface area (Å²) in [4.78, 5) is 0. The zero-order chi connectivity index (χ0) is 11.0. The van der Waals surface area contributed by atoms with Crippen molar-refractivity contribution < 1.29 is 0 Å². The standard InChI is InChI=1S/C10H9ClN4S/c11-8-4-2-1-3-7(8)9-13-14-10-15(9)12-5-6-16-10/h1-4,12H,5-6H2. The molecule has 0 atom stereocenters. The molecule has 1 aromatic carbocycles. The van der Waals surface area contributed by atoms with E-state index in [0.29, 0.717) is 5.02 Å². The Labute approximate surface area is 102 Å². The molecular weight excluding hydrogens is 244 g/mol. The van der Waals surface area contributed by atoms with Gasteiger partial charge in [-0.15, -0.1) is 10.2 Å². The number of nitrogens with one attached hydrogen (secondary N) is 1. The Hall–Kier alpha value is -1.20. The van der Waals surface area contributed by atoms with Crippen LogP contribution in [0.3, 0.4) is 0 Å². The first-order chi connectivity index (χ1) is 7.86. The van der Waals surface area contributed by atoms with E-state index >= 15 is 0 Å². The molecule has 0 unspecified atom stereocenters. The van der Waals surface area contributed by atoms with Crippen molar-refractivity contribution >= 4 is 23.4 Å². The predicted octanol–water partition coefficient (Wildman–Crippen LogP) is 2.25. The predicted molar refractivity (Wildman–Crippen MR) is 65.4 cm³/mol. The van der Waals surface area contributed by atoms with Crippen molar-refractivity contribution in [1.29, 1.82) is 0 Å². The van der Waals surface area contributed by atoms with E-state index in [2.05, 4.69) is 15.6 Å². The van der Waals surface area contributed by atoms with Gasteiger partial charge < -0.3 is 5.43 Å². The normalized spacial score (nSPS) is 14.3. The number of benzene rings is 1. The smallest absolute Gasteiger partial charge is 0.210 e. The molecule has 3 rings (SSSR count). The van der Waals surface area contributed by atoms with Crippen LogP contribution in [0.25, 0.3) is 11.4 Å². The minimum atomic E-state index is 0.690. The summed E-state index contributed by atoms with van der Waals surface area (Å²) in [6, 6.07) is 7.65. The fourth-order valence-corrected chi connectivity index (χ4v) is 2.60. The fourth-order valence-electron chi connectivity index (χ4n) is 1.62. The van der Waals surface area contributed by atoms with E-state index in [0.717, 1.165) is 28.8 Å². The van der Waals surface area contributed by atoms with Crippen molar-refractivity contribution in [3.05, 3.63) is 29.3 Å². The van der Waals surface area contributed by atoms with Crippen LogP contribution in [-0.4, -0.2) is 27.2 Å². The highest BCUT2D eigenvalue weighted by Crippen LogP contribution is 2.29. The van der Waals surface area contributed by atoms with Gasteiger partial charge in [0.1, 0.15) is 0 Å². The molecule has 4 nitrogen and oxygen atoms in total. The van der Waals surface area contributed by atoms with E-state index in [4.69, 9.17) is 11.6 Å². The maximum Gasteiger partial charge on any atom is 0.210 e. The van der Waals surface area contributed by atoms with Gasteiger partial charge in [0.05, 0.1) is 5.02 Å². The summed E-state index contributed by atoms with van der Waals surface area (Å²) in [5.41, 5.74) is 4.15. The average molecular weight is 253 g/mol. The zero-order valence-corrected chi connectivity index (χ0v) is 9.92. The third kappa shape index (κ3) is 1.56. The second-order valence-electron chi connectivity index (χ2n) is 3.38. The van der Waals surface area contributed by atoms with Crippen LogP contribution in [0.5, 0.6) is 0 Å². The summed E-state index contributed by atoms with van der Waals surface area (Å²) in [7, 11) is 0. The molecule has 0 saturated heterocycles. The Morgan fingerprint density at radius 1 is 1.31 bits per heavy atom. The molecule has 1 aromatic heterocycles. The summed E-state index contributed by atoms with van der Waals surface area (Å²) in [6.07, 6.45) is 0. The number of aromatic nitrogens is 3. The molecule has 2 heterocycles. The van der Waals surface area contributed by atoms with Crippen molar-refractivity contribution in [1.82, 2.24) is 14.9 Å². The highest BCUT2D eigenvalue weighted by molar-refractivity contribution is 7.99. The molecule has 0 radical (unpaired) electrons. The minimum Gasteiger partial charge on any atom is -0.321 e. The van der Waals surface area contributed by atoms with Crippen molar-refractivity contribution in [2.75, 3.05) is 17.7 Å². The maximum absolute atomic E-state index is 6.14. The van der Waals surface area contributed by atoms with Crippen molar-refractivity contribution in [2.24, 2.45) is 0 Å². The number of fused-ring (bicyclic) bond motifs is 1. The van der Waals surface area contributed by atoms with Gasteiger partial charge in [0.15, 0.2) is 5.82 Å². The Balaban J connectivity index is 2.13. The van der Waals surface area contributed by atoms with E-state index in [1.165, 1.54) is 0 Å². The molecule has 16 heavy (non-hydrogen) atoms. The maximum atomic E-state index is 6.14. The van der Waals surface area contributed by atoms with Crippen LogP contribution in [0.15, 0.2) is 29.4 Å². The van der Waals surface area contributed by atoms with Gasteiger partial charge in [-0.3, -0.25) is 0 Å². The molecule has 2 aromatic rings. The molecule has 0 bridgehead atoms. The van der Waals surface area contributed by atoms with Gasteiger partial charge in [-0.2, -0.15) is 0 Å². The molecule has 6 heteroatoms. The Bertz CT molecular complexity index is 525. The monoisotopic (exact) mass is 252 g/mol. The van der Waals surface area contributed by atoms with Crippen molar-refractivity contribution in [2.45, 2.75) is 5.16 Å². The summed E-state index contributed by atoms with van der Waals surface area (Å²) < 4.78 is 1.90. The molecule has 82 valence electrons. The van der Waals surface area contributed by atoms with E-state index in [1.54, 1.807) is 11.8 Å². The number of halogens is 1. The highest BCUT2D eigenvalue weighted by atomic mass is 35.5. The van der Waals surface area contributed by atoms with Gasteiger partial charge in [0.2, 0.25) is 5.16 Å². The van der Waals surface area contributed by atoms with Crippen LogP contribution < -0.4 is 5.43 Å². The number of nitrogens with zero attached hydrogens (tertiary/aromatic N) is 3. The zero-order valence-electron chi connectivity index (χ0n) is 8.35. The number of hydrogen-bond donors (Lipinski definition) is 1. The first kappa shape index (κ1) is 9.99. The van der Waals surface area contributed by atoms with Gasteiger partial charge in [0.25, 0.3) is 0 Å². The molecule has 1 aliphatic rings. The van der Waals surface area contributed by atoms with Crippen molar-refractivity contribution in [3.8, 4) is 11.4 Å². The van der Waals surface area contributed by atoms with Crippen LogP contribution in [0.1, 0.15) is 0 Å². The summed E-state index contributed by atoms with van der Waals surface area (Å²) in [5.74, 6) is 1.79. The van der Waals surface area contributed by atoms with Crippen molar-refractivity contribution in [3.63, 3.8) is 0 Å². The van der Waals surface area contributed by atoms with E-state index in [-0.39, 0.29) is 0 Å². The van der Waals surface area contributed by atoms with Crippen LogP contribution in [0.2, 0.25) is 5.02 Å². The van der Waals surface area contributed by atoms with Crippen LogP contribution in [0, 0.1) is 0 Å². The first-order valence-corrected chi connectivity index (χ1v) is 6.29. The second-order valence-corrected chi connectivity index (χ2v) is 4.85. The lowest BCUT2D eigenvalue weighted by molar-refractivity contribution is 0.755. The topological polar surface area (TPSA) is 42.7 Å². The molecule has 0 spiro atoms. The second kappa shape index (κ2) is 3.99. The van der Waals surface area contributed by atoms with Gasteiger partial charge in [-0.25, -0.2) is 4.68 Å². The summed E-state index contributed by atoms with van der Waals surface area (Å²) in [6.45, 7) is 0.910. The number of rotatable bonds is 1. The third-order valence-corrected chi connectivity index (χ3v) is 3.61. The van der Waals surface area contributed by atoms with E-state index < -0.39 is 0 Å². The third-order valence-electron chi connectivity index (χ3n) is 2.35. The van der Waals surface area contributed by atoms with Gasteiger partial charge in [-0.05, 0) is 12.1 Å². The average Bonchev–Trinajstić information content (AvgIpc) is 2.74. The SMILES string of the molecule is Clc1ccccc1-c1nnc2n1NCCS2. The Kier molecular flexibility index (Phi) is 2.49. The quantitative estimate of drug-likeness (QED) is 0.845. The summed E-state index contributed by atoms with van der Waals surface area (Å²) in [5, 5.41) is 9.88. The van der Waals surface area contributed by atoms with Crippen LogP contribution >= 0.6 is 23.4 Å². The highest BCUT2D eigenvalue weighted by Gasteiger charge is 2.18. The van der Waals surface area contributed by atoms with Crippen LogP contribution in [-0.2, 0) is 0 Å². The molecule has 1 N–H and O–H groups in total. The Morgan fingerprint density at radius 2 is 2.19 bits per heavy atom. The number of hydrogen-bond acceptors (Lipinski definition) is 4. The molecule has 0 saturated carbocycles. The molecule has 0 aliphatic carbocycles. The lowest BCUT2D eigenvalue weighted by Gasteiger charge is -2.16. The first-order valence-electron chi connectivity index (χ1n) is 4.93. The van der Waals surface area contributed by atoms with Crippen LogP contribution in [0.4, 0.5) is 0 Å². The molecule has 0 amide bonds. The van der Waals surface area contributed by atoms with Gasteiger partial charge >= 0.3 is 0 Å². The molecule has 1 aliphatic heterocycles. The largest absolute Gasteiger partial charge is 0.321 e. The van der Waals surface area contributed by atoms with Gasteiger partial charge in [0, 0.05) is 17.9 Å².